The number of hydrogen-bond donors (Lipinski definition) is 1. The molecule has 1 amide bonds. The Bertz CT molecular complexity index is 1650. The van der Waals surface area contributed by atoms with Crippen molar-refractivity contribution >= 4 is 35.0 Å². The number of esters is 1. The Labute approximate surface area is 295 Å². The Morgan fingerprint density at radius 3 is 2.22 bits per heavy atom. The fourth-order valence-electron chi connectivity index (χ4n) is 7.02. The molecule has 2 saturated heterocycles. The number of likely N-dealkylation sites (tertiary alicyclic amines) is 2. The first-order valence-corrected chi connectivity index (χ1v) is 17.2. The highest BCUT2D eigenvalue weighted by molar-refractivity contribution is 6.26. The summed E-state index contributed by atoms with van der Waals surface area (Å²) in [6, 6.07) is 9.36. The van der Waals surface area contributed by atoms with E-state index in [-0.39, 0.29) is 24.3 Å². The van der Waals surface area contributed by atoms with Gasteiger partial charge in [0.1, 0.15) is 5.56 Å². The van der Waals surface area contributed by atoms with Crippen molar-refractivity contribution in [3.63, 3.8) is 0 Å². The maximum absolute atomic E-state index is 14.3. The van der Waals surface area contributed by atoms with E-state index in [4.69, 9.17) is 26.2 Å². The third-order valence-corrected chi connectivity index (χ3v) is 10.3. The Kier molecular flexibility index (Phi) is 11.5. The van der Waals surface area contributed by atoms with Crippen molar-refractivity contribution in [1.82, 2.24) is 19.6 Å². The zero-order valence-electron chi connectivity index (χ0n) is 27.9. The van der Waals surface area contributed by atoms with Gasteiger partial charge in [0.2, 0.25) is 5.91 Å². The van der Waals surface area contributed by atoms with Gasteiger partial charge in [-0.25, -0.2) is 9.59 Å². The summed E-state index contributed by atoms with van der Waals surface area (Å²) in [6.45, 7) is 3.89. The molecule has 1 N–H and O–H groups in total. The number of amides is 1. The SMILES string of the molecule is CCOC(=O)c1cnn(C2CCCN(C3=C(c4ccccc4)C=CC(Cl)(C4CCN(C(=O)C5CC5)CC4)C3)C2)c1C(F)(F)F.O=C(O)C(F)(F)F. The van der Waals surface area contributed by atoms with E-state index in [0.717, 1.165) is 53.4 Å². The van der Waals surface area contributed by atoms with Crippen LogP contribution in [0, 0.1) is 11.8 Å². The number of carbonyl (C=O) groups excluding carboxylic acids is 2. The van der Waals surface area contributed by atoms with Crippen LogP contribution in [0.1, 0.15) is 79.5 Å². The highest BCUT2D eigenvalue weighted by Crippen LogP contribution is 2.47. The van der Waals surface area contributed by atoms with Gasteiger partial charge in [-0.15, -0.1) is 11.6 Å². The van der Waals surface area contributed by atoms with Crippen LogP contribution < -0.4 is 0 Å². The molecule has 2 aliphatic heterocycles. The van der Waals surface area contributed by atoms with E-state index in [0.29, 0.717) is 45.4 Å². The summed E-state index contributed by atoms with van der Waals surface area (Å²) in [7, 11) is 0. The van der Waals surface area contributed by atoms with Gasteiger partial charge in [-0.1, -0.05) is 42.5 Å². The molecule has 6 rings (SSSR count). The second-order valence-electron chi connectivity index (χ2n) is 13.2. The molecule has 3 heterocycles. The van der Waals surface area contributed by atoms with Crippen LogP contribution in [0.15, 0.2) is 54.4 Å². The number of ether oxygens (including phenoxy) is 1. The van der Waals surface area contributed by atoms with Gasteiger partial charge in [0.15, 0.2) is 5.69 Å². The lowest BCUT2D eigenvalue weighted by Crippen LogP contribution is -2.46. The smallest absolute Gasteiger partial charge is 0.475 e. The van der Waals surface area contributed by atoms with Crippen LogP contribution in [0.4, 0.5) is 26.3 Å². The molecule has 9 nitrogen and oxygen atoms in total. The number of rotatable bonds is 7. The van der Waals surface area contributed by atoms with Crippen molar-refractivity contribution in [3.8, 4) is 0 Å². The van der Waals surface area contributed by atoms with Gasteiger partial charge in [-0.05, 0) is 56.9 Å². The quantitative estimate of drug-likeness (QED) is 0.180. The van der Waals surface area contributed by atoms with E-state index in [1.807, 2.05) is 35.2 Å². The second-order valence-corrected chi connectivity index (χ2v) is 13.9. The number of piperidine rings is 2. The molecule has 2 unspecified atom stereocenters. The van der Waals surface area contributed by atoms with Gasteiger partial charge in [0.05, 0.1) is 23.7 Å². The van der Waals surface area contributed by atoms with Gasteiger partial charge in [0.25, 0.3) is 0 Å². The average molecular weight is 745 g/mol. The van der Waals surface area contributed by atoms with Crippen LogP contribution in [0.25, 0.3) is 5.57 Å². The van der Waals surface area contributed by atoms with Gasteiger partial charge in [0, 0.05) is 49.8 Å². The molecule has 2 aliphatic carbocycles. The van der Waals surface area contributed by atoms with Crippen molar-refractivity contribution in [2.24, 2.45) is 11.8 Å². The summed E-state index contributed by atoms with van der Waals surface area (Å²) in [4.78, 5) is 37.4. The Morgan fingerprint density at radius 1 is 1.00 bits per heavy atom. The second kappa shape index (κ2) is 15.3. The summed E-state index contributed by atoms with van der Waals surface area (Å²) in [5.74, 6) is -3.16. The lowest BCUT2D eigenvalue weighted by atomic mass is 9.76. The molecule has 3 fully saturated rings. The number of halogens is 7. The monoisotopic (exact) mass is 744 g/mol. The van der Waals surface area contributed by atoms with Crippen LogP contribution in [0.5, 0.6) is 0 Å². The van der Waals surface area contributed by atoms with Gasteiger partial charge < -0.3 is 19.6 Å². The maximum atomic E-state index is 14.3. The molecule has 278 valence electrons. The number of aliphatic carboxylic acids is 1. The fourth-order valence-corrected chi connectivity index (χ4v) is 7.43. The number of carboxylic acids is 1. The van der Waals surface area contributed by atoms with Gasteiger partial charge >= 0.3 is 24.3 Å². The Hall–Kier alpha value is -4.01. The number of nitrogens with zero attached hydrogens (tertiary/aromatic N) is 4. The van der Waals surface area contributed by atoms with Crippen molar-refractivity contribution < 1.29 is 50.6 Å². The summed E-state index contributed by atoms with van der Waals surface area (Å²) >= 11 is 7.46. The summed E-state index contributed by atoms with van der Waals surface area (Å²) in [5.41, 5.74) is 1.40. The summed E-state index contributed by atoms with van der Waals surface area (Å²) < 4.78 is 80.6. The maximum Gasteiger partial charge on any atom is 0.490 e. The minimum atomic E-state index is -5.08. The largest absolute Gasteiger partial charge is 0.490 e. The first-order chi connectivity index (χ1) is 24.0. The molecule has 2 aromatic rings. The first kappa shape index (κ1) is 38.2. The number of aromatic nitrogens is 2. The molecular weight excluding hydrogens is 706 g/mol. The van der Waals surface area contributed by atoms with Crippen molar-refractivity contribution in [1.29, 1.82) is 0 Å². The van der Waals surface area contributed by atoms with Crippen molar-refractivity contribution in [3.05, 3.63) is 71.2 Å². The molecule has 0 bridgehead atoms. The van der Waals surface area contributed by atoms with E-state index in [9.17, 15) is 35.9 Å². The first-order valence-electron chi connectivity index (χ1n) is 16.9. The fraction of sp³-hybridized carbons (Fsp3) is 0.543. The minimum absolute atomic E-state index is 0.0293. The van der Waals surface area contributed by atoms with Crippen LogP contribution in [-0.4, -0.2) is 86.4 Å². The molecule has 51 heavy (non-hydrogen) atoms. The normalized spacial score (nSPS) is 23.1. The lowest BCUT2D eigenvalue weighted by molar-refractivity contribution is -0.192. The molecule has 2 atom stereocenters. The predicted octanol–water partition coefficient (Wildman–Crippen LogP) is 7.35. The highest BCUT2D eigenvalue weighted by atomic mass is 35.5. The molecule has 1 saturated carbocycles. The minimum Gasteiger partial charge on any atom is -0.475 e. The predicted molar refractivity (Wildman–Crippen MR) is 174 cm³/mol. The van der Waals surface area contributed by atoms with Crippen LogP contribution in [-0.2, 0) is 20.5 Å². The zero-order valence-corrected chi connectivity index (χ0v) is 28.6. The third-order valence-electron chi connectivity index (χ3n) is 9.70. The Balaban J connectivity index is 0.000000654. The summed E-state index contributed by atoms with van der Waals surface area (Å²) in [6.07, 6.45) is 0.544. The van der Waals surface area contributed by atoms with E-state index in [2.05, 4.69) is 22.2 Å². The van der Waals surface area contributed by atoms with E-state index in [1.165, 1.54) is 0 Å². The third kappa shape index (κ3) is 8.90. The number of carbonyl (C=O) groups is 3. The number of benzene rings is 1. The topological polar surface area (TPSA) is 105 Å². The van der Waals surface area contributed by atoms with Crippen LogP contribution >= 0.6 is 11.6 Å². The van der Waals surface area contributed by atoms with Gasteiger partial charge in [-0.3, -0.25) is 9.48 Å². The molecule has 1 aromatic carbocycles. The average Bonchev–Trinajstić information content (AvgIpc) is 3.84. The molecule has 16 heteroatoms. The standard InChI is InChI=1S/C33H38ClF3N4O3.C2HF3O2/c1-2-44-31(43)27-20-38-41(29(27)33(35,36)37)25-9-6-16-40(21-25)28-19-32(34,15-12-26(28)22-7-4-3-5-8-22)24-13-17-39(18-14-24)30(42)23-10-11-23;3-2(4,5)1(6)7/h3-5,7-8,12,15,20,23-25H,2,6,9-11,13-14,16-19,21H2,1H3;(H,6,7). The van der Waals surface area contributed by atoms with E-state index >= 15 is 0 Å². The van der Waals surface area contributed by atoms with Crippen molar-refractivity contribution in [2.45, 2.75) is 75.1 Å². The molecule has 0 spiro atoms. The number of hydrogen-bond acceptors (Lipinski definition) is 6. The number of allylic oxidation sites excluding steroid dienone is 4. The molecular formula is C35H39ClF6N4O5. The lowest BCUT2D eigenvalue weighted by Gasteiger charge is -2.45. The number of carboxylic acid groups (broad SMARTS) is 1. The number of alkyl halides is 7. The van der Waals surface area contributed by atoms with E-state index < -0.39 is 46.5 Å². The van der Waals surface area contributed by atoms with E-state index in [1.54, 1.807) is 6.92 Å². The molecule has 1 aromatic heterocycles. The zero-order chi connectivity index (χ0) is 37.1. The highest BCUT2D eigenvalue weighted by Gasteiger charge is 2.45. The van der Waals surface area contributed by atoms with Gasteiger partial charge in [-0.2, -0.15) is 31.4 Å². The summed E-state index contributed by atoms with van der Waals surface area (Å²) in [5, 5.41) is 11.2. The van der Waals surface area contributed by atoms with Crippen LogP contribution in [0.3, 0.4) is 0 Å². The molecule has 0 radical (unpaired) electrons. The molecule has 4 aliphatic rings. The van der Waals surface area contributed by atoms with Crippen LogP contribution in [0.2, 0.25) is 0 Å². The van der Waals surface area contributed by atoms with Crippen molar-refractivity contribution in [2.75, 3.05) is 32.8 Å². The Morgan fingerprint density at radius 2 is 1.65 bits per heavy atom.